The second kappa shape index (κ2) is 8.43. The third-order valence-corrected chi connectivity index (χ3v) is 6.64. The fraction of sp³-hybridized carbons (Fsp3) is 0.320. The highest BCUT2D eigenvalue weighted by atomic mass is 35.5. The Kier molecular flexibility index (Phi) is 5.47. The number of halogens is 1. The van der Waals surface area contributed by atoms with E-state index in [1.165, 1.54) is 9.13 Å². The summed E-state index contributed by atoms with van der Waals surface area (Å²) < 4.78 is 4.79. The Bertz CT molecular complexity index is 1410. The molecule has 0 bridgehead atoms. The van der Waals surface area contributed by atoms with Gasteiger partial charge in [-0.1, -0.05) is 72.8 Å². The maximum absolute atomic E-state index is 13.7. The molecule has 1 aliphatic rings. The zero-order valence-corrected chi connectivity index (χ0v) is 18.8. The third-order valence-electron chi connectivity index (χ3n) is 6.32. The molecule has 1 saturated carbocycles. The van der Waals surface area contributed by atoms with Crippen molar-refractivity contribution >= 4 is 22.8 Å². The van der Waals surface area contributed by atoms with Crippen molar-refractivity contribution in [1.82, 2.24) is 18.7 Å². The average Bonchev–Trinajstić information content (AvgIpc) is 3.19. The molecule has 0 atom stereocenters. The third kappa shape index (κ3) is 3.58. The Hall–Kier alpha value is -3.12. The maximum atomic E-state index is 13.7. The van der Waals surface area contributed by atoms with Crippen molar-refractivity contribution in [1.29, 1.82) is 0 Å². The number of imidazole rings is 1. The molecule has 0 unspecified atom stereocenters. The van der Waals surface area contributed by atoms with Crippen LogP contribution in [0.3, 0.4) is 0 Å². The van der Waals surface area contributed by atoms with Gasteiger partial charge in [0.05, 0.1) is 17.0 Å². The van der Waals surface area contributed by atoms with Gasteiger partial charge in [0.1, 0.15) is 0 Å². The summed E-state index contributed by atoms with van der Waals surface area (Å²) in [5.74, 6) is 0. The number of fused-ring (bicyclic) bond motifs is 1. The van der Waals surface area contributed by atoms with E-state index >= 15 is 0 Å². The predicted molar refractivity (Wildman–Crippen MR) is 127 cm³/mol. The summed E-state index contributed by atoms with van der Waals surface area (Å²) in [4.78, 5) is 31.9. The van der Waals surface area contributed by atoms with Gasteiger partial charge in [0.2, 0.25) is 0 Å². The molecule has 2 aromatic carbocycles. The maximum Gasteiger partial charge on any atom is 0.337 e. The lowest BCUT2D eigenvalue weighted by Crippen LogP contribution is -2.43. The molecule has 0 saturated heterocycles. The summed E-state index contributed by atoms with van der Waals surface area (Å²) in [5, 5.41) is 0.443. The first kappa shape index (κ1) is 20.8. The molecule has 7 heteroatoms. The topological polar surface area (TPSA) is 61.8 Å². The van der Waals surface area contributed by atoms with Gasteiger partial charge in [-0.3, -0.25) is 9.36 Å². The van der Waals surface area contributed by atoms with Crippen LogP contribution >= 0.6 is 11.6 Å². The van der Waals surface area contributed by atoms with Gasteiger partial charge in [-0.2, -0.15) is 0 Å². The number of aryl methyl sites for hydroxylation is 1. The van der Waals surface area contributed by atoms with E-state index in [4.69, 9.17) is 11.6 Å². The number of hydrogen-bond donors (Lipinski definition) is 0. The molecule has 1 fully saturated rings. The lowest BCUT2D eigenvalue weighted by Gasteiger charge is -2.24. The summed E-state index contributed by atoms with van der Waals surface area (Å²) in [5.41, 5.74) is 2.88. The molecule has 2 aromatic heterocycles. The molecule has 164 valence electrons. The summed E-state index contributed by atoms with van der Waals surface area (Å²) in [6.07, 6.45) is 6.47. The van der Waals surface area contributed by atoms with E-state index in [1.54, 1.807) is 18.5 Å². The molecule has 6 nitrogen and oxygen atoms in total. The van der Waals surface area contributed by atoms with E-state index < -0.39 is 0 Å². The lowest BCUT2D eigenvalue weighted by atomic mass is 9.95. The Morgan fingerprint density at radius 3 is 2.56 bits per heavy atom. The molecule has 4 aromatic rings. The van der Waals surface area contributed by atoms with Gasteiger partial charge in [-0.15, -0.1) is 0 Å². The van der Waals surface area contributed by atoms with Crippen molar-refractivity contribution in [2.24, 2.45) is 0 Å². The standard InChI is InChI=1S/C25H25ClN4O2/c1-17-8-7-9-18(14-17)15-28-16-27-23-22(28)24(31)29(19-10-3-2-4-11-19)25(32)30(23)21-13-6-5-12-20(21)26/h5-9,12-14,16,19H,2-4,10-11,15H2,1H3. The summed E-state index contributed by atoms with van der Waals surface area (Å²) in [7, 11) is 0. The molecule has 0 N–H and O–H groups in total. The number of nitrogens with zero attached hydrogens (tertiary/aromatic N) is 4. The second-order valence-corrected chi connectivity index (χ2v) is 8.98. The van der Waals surface area contributed by atoms with E-state index in [0.29, 0.717) is 28.4 Å². The number of aromatic nitrogens is 4. The highest BCUT2D eigenvalue weighted by molar-refractivity contribution is 6.32. The summed E-state index contributed by atoms with van der Waals surface area (Å²) in [6, 6.07) is 15.3. The first-order valence-corrected chi connectivity index (χ1v) is 11.5. The van der Waals surface area contributed by atoms with E-state index in [0.717, 1.165) is 43.2 Å². The van der Waals surface area contributed by atoms with Crippen LogP contribution in [0, 0.1) is 6.92 Å². The molecule has 2 heterocycles. The summed E-state index contributed by atoms with van der Waals surface area (Å²) >= 11 is 6.48. The van der Waals surface area contributed by atoms with E-state index in [-0.39, 0.29) is 17.3 Å². The van der Waals surface area contributed by atoms with Gasteiger partial charge in [0.25, 0.3) is 5.56 Å². The zero-order valence-electron chi connectivity index (χ0n) is 18.0. The second-order valence-electron chi connectivity index (χ2n) is 8.57. The minimum absolute atomic E-state index is 0.107. The highest BCUT2D eigenvalue weighted by Crippen LogP contribution is 2.27. The van der Waals surface area contributed by atoms with Crippen LogP contribution in [-0.4, -0.2) is 18.7 Å². The Balaban J connectivity index is 1.79. The first-order valence-electron chi connectivity index (χ1n) is 11.1. The van der Waals surface area contributed by atoms with E-state index in [2.05, 4.69) is 11.1 Å². The van der Waals surface area contributed by atoms with Crippen molar-refractivity contribution in [3.63, 3.8) is 0 Å². The van der Waals surface area contributed by atoms with Crippen LogP contribution in [-0.2, 0) is 6.54 Å². The minimum Gasteiger partial charge on any atom is -0.320 e. The first-order chi connectivity index (χ1) is 15.5. The summed E-state index contributed by atoms with van der Waals surface area (Å²) in [6.45, 7) is 2.54. The number of hydrogen-bond acceptors (Lipinski definition) is 3. The Labute approximate surface area is 190 Å². The van der Waals surface area contributed by atoms with Crippen LogP contribution in [0.25, 0.3) is 16.9 Å². The van der Waals surface area contributed by atoms with Crippen LogP contribution in [0.15, 0.2) is 64.4 Å². The SMILES string of the molecule is Cc1cccc(Cn2cnc3c2c(=O)n(C2CCCCC2)c(=O)n3-c2ccccc2Cl)c1. The molecule has 0 radical (unpaired) electrons. The fourth-order valence-corrected chi connectivity index (χ4v) is 5.01. The molecule has 0 amide bonds. The van der Waals surface area contributed by atoms with Crippen molar-refractivity contribution in [2.75, 3.05) is 0 Å². The van der Waals surface area contributed by atoms with Gasteiger partial charge in [-0.25, -0.2) is 14.3 Å². The van der Waals surface area contributed by atoms with Crippen LogP contribution in [0.5, 0.6) is 0 Å². The van der Waals surface area contributed by atoms with Crippen LogP contribution in [0.2, 0.25) is 5.02 Å². The van der Waals surface area contributed by atoms with Gasteiger partial charge >= 0.3 is 5.69 Å². The fourth-order valence-electron chi connectivity index (χ4n) is 4.79. The van der Waals surface area contributed by atoms with Crippen molar-refractivity contribution in [3.8, 4) is 5.69 Å². The molecule has 32 heavy (non-hydrogen) atoms. The zero-order chi connectivity index (χ0) is 22.2. The monoisotopic (exact) mass is 448 g/mol. The molecule has 0 aliphatic heterocycles. The van der Waals surface area contributed by atoms with Crippen LogP contribution in [0.4, 0.5) is 0 Å². The van der Waals surface area contributed by atoms with Gasteiger partial charge in [0, 0.05) is 12.6 Å². The molecular formula is C25H25ClN4O2. The minimum atomic E-state index is -0.372. The van der Waals surface area contributed by atoms with Crippen LogP contribution in [0.1, 0.15) is 49.3 Å². The largest absolute Gasteiger partial charge is 0.337 e. The van der Waals surface area contributed by atoms with Gasteiger partial charge in [-0.05, 0) is 37.5 Å². The van der Waals surface area contributed by atoms with Crippen molar-refractivity contribution < 1.29 is 0 Å². The number of benzene rings is 2. The van der Waals surface area contributed by atoms with Crippen LogP contribution < -0.4 is 11.2 Å². The van der Waals surface area contributed by atoms with Gasteiger partial charge in [0.15, 0.2) is 11.2 Å². The highest BCUT2D eigenvalue weighted by Gasteiger charge is 2.25. The van der Waals surface area contributed by atoms with Gasteiger partial charge < -0.3 is 4.57 Å². The number of para-hydroxylation sites is 1. The molecule has 1 aliphatic carbocycles. The lowest BCUT2D eigenvalue weighted by molar-refractivity contribution is 0.335. The number of rotatable bonds is 4. The Morgan fingerprint density at radius 1 is 1.03 bits per heavy atom. The molecule has 0 spiro atoms. The molecule has 5 rings (SSSR count). The predicted octanol–water partition coefficient (Wildman–Crippen LogP) is 4.86. The quantitative estimate of drug-likeness (QED) is 0.447. The Morgan fingerprint density at radius 2 is 1.81 bits per heavy atom. The van der Waals surface area contributed by atoms with Crippen molar-refractivity contribution in [2.45, 2.75) is 51.6 Å². The molecular weight excluding hydrogens is 424 g/mol. The van der Waals surface area contributed by atoms with Crippen molar-refractivity contribution in [3.05, 3.63) is 91.8 Å². The average molecular weight is 449 g/mol. The smallest absolute Gasteiger partial charge is 0.320 e. The van der Waals surface area contributed by atoms with E-state index in [9.17, 15) is 9.59 Å². The normalized spacial score (nSPS) is 14.8. The van der Waals surface area contributed by atoms with E-state index in [1.807, 2.05) is 41.8 Å².